The third kappa shape index (κ3) is 3.48. The Morgan fingerprint density at radius 2 is 1.74 bits per heavy atom. The number of carbonyl (C=O) groups excluding carboxylic acids is 3. The first-order chi connectivity index (χ1) is 15.1. The van der Waals surface area contributed by atoms with Crippen molar-refractivity contribution in [3.05, 3.63) is 53.1 Å². The molecule has 8 heteroatoms. The zero-order valence-corrected chi connectivity index (χ0v) is 18.0. The van der Waals surface area contributed by atoms with Crippen molar-refractivity contribution in [2.45, 2.75) is 38.6 Å². The molecule has 160 valence electrons. The monoisotopic (exact) mass is 436 g/mol. The van der Waals surface area contributed by atoms with Crippen LogP contribution in [0.3, 0.4) is 0 Å². The zero-order valence-electron chi connectivity index (χ0n) is 17.2. The molecule has 7 nitrogen and oxygen atoms in total. The van der Waals surface area contributed by atoms with E-state index in [4.69, 9.17) is 0 Å². The van der Waals surface area contributed by atoms with Crippen molar-refractivity contribution in [2.75, 3.05) is 5.32 Å². The van der Waals surface area contributed by atoms with Crippen molar-refractivity contribution < 1.29 is 14.4 Å². The van der Waals surface area contributed by atoms with E-state index in [0.717, 1.165) is 29.8 Å². The van der Waals surface area contributed by atoms with Crippen LogP contribution in [0.25, 0.3) is 0 Å². The number of hydrogen-bond donors (Lipinski definition) is 1. The summed E-state index contributed by atoms with van der Waals surface area (Å²) in [5.41, 5.74) is 0.782. The van der Waals surface area contributed by atoms with Crippen LogP contribution in [0.15, 0.2) is 42.5 Å². The molecule has 0 unspecified atom stereocenters. The minimum Gasteiger partial charge on any atom is -0.300 e. The zero-order chi connectivity index (χ0) is 21.5. The Kier molecular flexibility index (Phi) is 5.17. The van der Waals surface area contributed by atoms with Crippen LogP contribution in [0, 0.1) is 23.7 Å². The fourth-order valence-electron chi connectivity index (χ4n) is 5.23. The predicted molar refractivity (Wildman–Crippen MR) is 116 cm³/mol. The van der Waals surface area contributed by atoms with Gasteiger partial charge in [-0.3, -0.25) is 19.3 Å². The number of nitrogens with one attached hydrogen (secondary N) is 1. The number of allylic oxidation sites excluding steroid dienone is 2. The predicted octanol–water partition coefficient (Wildman–Crippen LogP) is 3.37. The number of amides is 3. The molecular formula is C23H24N4O3S. The lowest BCUT2D eigenvalue weighted by Gasteiger charge is -2.38. The Morgan fingerprint density at radius 3 is 2.29 bits per heavy atom. The van der Waals surface area contributed by atoms with Crippen LogP contribution in [-0.2, 0) is 20.8 Å². The van der Waals surface area contributed by atoms with Crippen LogP contribution in [0.2, 0.25) is 0 Å². The molecule has 1 saturated carbocycles. The quantitative estimate of drug-likeness (QED) is 0.554. The van der Waals surface area contributed by atoms with Crippen LogP contribution >= 0.6 is 11.3 Å². The van der Waals surface area contributed by atoms with Crippen molar-refractivity contribution in [3.63, 3.8) is 0 Å². The summed E-state index contributed by atoms with van der Waals surface area (Å²) in [5, 5.41) is 12.1. The third-order valence-electron chi connectivity index (χ3n) is 6.68. The second-order valence-corrected chi connectivity index (χ2v) is 9.48. The van der Waals surface area contributed by atoms with E-state index in [-0.39, 0.29) is 47.8 Å². The standard InChI is InChI=1S/C23H24N4O3S/c1-2-18-25-26-23(31-18)24-17(28)12-16(13-6-4-3-5-7-13)27-21(29)19-14-8-9-15(11-10-14)20(19)22(27)30/h3-9,14-16,19-20H,2,10-12H2,1H3,(H,24,26,28)/t14-,15-,16-,19-,20+/m0/s1. The average Bonchev–Trinajstić information content (AvgIpc) is 3.37. The summed E-state index contributed by atoms with van der Waals surface area (Å²) in [4.78, 5) is 41.2. The van der Waals surface area contributed by atoms with Gasteiger partial charge in [0, 0.05) is 0 Å². The Balaban J connectivity index is 1.42. The molecule has 3 aliphatic carbocycles. The Bertz CT molecular complexity index is 1020. The lowest BCUT2D eigenvalue weighted by molar-refractivity contribution is -0.143. The molecule has 2 heterocycles. The molecule has 1 saturated heterocycles. The summed E-state index contributed by atoms with van der Waals surface area (Å²) in [6.45, 7) is 1.98. The SMILES string of the molecule is CCc1nnc(NC(=O)C[C@@H](c2ccccc2)N2C(=O)[C@@H]3[C@H](C2=O)[C@H]2C=C[C@H]3CC2)s1. The molecule has 6 rings (SSSR count). The number of nitrogens with zero attached hydrogens (tertiary/aromatic N) is 3. The van der Waals surface area contributed by atoms with E-state index < -0.39 is 6.04 Å². The molecule has 2 aromatic rings. The Hall–Kier alpha value is -2.87. The summed E-state index contributed by atoms with van der Waals surface area (Å²) in [5.74, 6) is -0.906. The highest BCUT2D eigenvalue weighted by Gasteiger charge is 2.58. The summed E-state index contributed by atoms with van der Waals surface area (Å²) in [7, 11) is 0. The number of carbonyl (C=O) groups is 3. The number of aromatic nitrogens is 2. The minimum atomic E-state index is -0.634. The molecule has 2 bridgehead atoms. The smallest absolute Gasteiger partial charge is 0.234 e. The largest absolute Gasteiger partial charge is 0.300 e. The number of aryl methyl sites for hydroxylation is 1. The van der Waals surface area contributed by atoms with E-state index in [9.17, 15) is 14.4 Å². The van der Waals surface area contributed by atoms with Crippen LogP contribution in [0.5, 0.6) is 0 Å². The highest BCUT2D eigenvalue weighted by molar-refractivity contribution is 7.15. The van der Waals surface area contributed by atoms with Gasteiger partial charge in [0.2, 0.25) is 22.9 Å². The van der Waals surface area contributed by atoms with E-state index in [0.29, 0.717) is 5.13 Å². The molecule has 4 aliphatic rings. The first kappa shape index (κ1) is 20.1. The van der Waals surface area contributed by atoms with Crippen LogP contribution in [-0.4, -0.2) is 32.8 Å². The van der Waals surface area contributed by atoms with Gasteiger partial charge in [-0.2, -0.15) is 0 Å². The number of anilines is 1. The highest BCUT2D eigenvalue weighted by Crippen LogP contribution is 2.51. The fourth-order valence-corrected chi connectivity index (χ4v) is 5.93. The molecule has 1 aromatic heterocycles. The molecule has 3 amide bonds. The minimum absolute atomic E-state index is 0.00919. The summed E-state index contributed by atoms with van der Waals surface area (Å²) in [6, 6.07) is 8.71. The first-order valence-corrected chi connectivity index (χ1v) is 11.6. The second-order valence-electron chi connectivity index (χ2n) is 8.42. The summed E-state index contributed by atoms with van der Waals surface area (Å²) in [6.07, 6.45) is 6.84. The van der Waals surface area contributed by atoms with E-state index in [1.165, 1.54) is 16.2 Å². The molecule has 5 atom stereocenters. The second kappa shape index (κ2) is 8.00. The normalized spacial score (nSPS) is 27.5. The first-order valence-electron chi connectivity index (χ1n) is 10.8. The van der Waals surface area contributed by atoms with Gasteiger partial charge in [0.25, 0.3) is 0 Å². The van der Waals surface area contributed by atoms with E-state index >= 15 is 0 Å². The lowest BCUT2D eigenvalue weighted by atomic mass is 9.63. The molecule has 2 fully saturated rings. The number of imide groups is 1. The Morgan fingerprint density at radius 1 is 1.10 bits per heavy atom. The van der Waals surface area contributed by atoms with Crippen LogP contribution < -0.4 is 5.32 Å². The van der Waals surface area contributed by atoms with Gasteiger partial charge in [-0.05, 0) is 36.7 Å². The molecular weight excluding hydrogens is 412 g/mol. The fraction of sp³-hybridized carbons (Fsp3) is 0.435. The summed E-state index contributed by atoms with van der Waals surface area (Å²) >= 11 is 1.33. The van der Waals surface area contributed by atoms with E-state index in [1.807, 2.05) is 37.3 Å². The van der Waals surface area contributed by atoms with Crippen molar-refractivity contribution >= 4 is 34.2 Å². The van der Waals surface area contributed by atoms with Gasteiger partial charge in [0.05, 0.1) is 24.3 Å². The van der Waals surface area contributed by atoms with Gasteiger partial charge < -0.3 is 5.32 Å². The number of fused-ring (bicyclic) bond motifs is 1. The topological polar surface area (TPSA) is 92.3 Å². The molecule has 1 aliphatic heterocycles. The summed E-state index contributed by atoms with van der Waals surface area (Å²) < 4.78 is 0. The van der Waals surface area contributed by atoms with Crippen LogP contribution in [0.1, 0.15) is 42.8 Å². The third-order valence-corrected chi connectivity index (χ3v) is 7.67. The average molecular weight is 437 g/mol. The molecule has 0 spiro atoms. The van der Waals surface area contributed by atoms with E-state index in [1.54, 1.807) is 0 Å². The van der Waals surface area contributed by atoms with Gasteiger partial charge in [-0.15, -0.1) is 10.2 Å². The molecule has 0 radical (unpaired) electrons. The van der Waals surface area contributed by atoms with E-state index in [2.05, 4.69) is 27.7 Å². The number of hydrogen-bond acceptors (Lipinski definition) is 6. The van der Waals surface area contributed by atoms with Crippen molar-refractivity contribution in [2.24, 2.45) is 23.7 Å². The number of rotatable bonds is 6. The molecule has 1 N–H and O–H groups in total. The molecule has 31 heavy (non-hydrogen) atoms. The number of likely N-dealkylation sites (tertiary alicyclic amines) is 1. The maximum atomic E-state index is 13.5. The van der Waals surface area contributed by atoms with Gasteiger partial charge >= 0.3 is 0 Å². The van der Waals surface area contributed by atoms with Gasteiger partial charge in [0.1, 0.15) is 5.01 Å². The maximum Gasteiger partial charge on any atom is 0.234 e. The number of benzene rings is 1. The van der Waals surface area contributed by atoms with Crippen molar-refractivity contribution in [1.29, 1.82) is 0 Å². The maximum absolute atomic E-state index is 13.5. The Labute approximate surface area is 184 Å². The lowest BCUT2D eigenvalue weighted by Crippen LogP contribution is -2.38. The van der Waals surface area contributed by atoms with Gasteiger partial charge in [-0.25, -0.2) is 0 Å². The highest BCUT2D eigenvalue weighted by atomic mass is 32.1. The van der Waals surface area contributed by atoms with Crippen molar-refractivity contribution in [1.82, 2.24) is 15.1 Å². The van der Waals surface area contributed by atoms with Crippen molar-refractivity contribution in [3.8, 4) is 0 Å². The van der Waals surface area contributed by atoms with Gasteiger partial charge in [-0.1, -0.05) is 60.7 Å². The van der Waals surface area contributed by atoms with Crippen LogP contribution in [0.4, 0.5) is 5.13 Å². The van der Waals surface area contributed by atoms with Gasteiger partial charge in [0.15, 0.2) is 0 Å². The molecule has 1 aromatic carbocycles.